The molecular formula is C12H16ClN. The Morgan fingerprint density at radius 1 is 1.29 bits per heavy atom. The molecule has 2 heteroatoms. The molecule has 76 valence electrons. The number of benzene rings is 1. The first-order valence-corrected chi connectivity index (χ1v) is 5.72. The summed E-state index contributed by atoms with van der Waals surface area (Å²) in [6.07, 6.45) is 3.64. The first-order chi connectivity index (χ1) is 6.81. The van der Waals surface area contributed by atoms with Crippen LogP contribution in [0.5, 0.6) is 0 Å². The molecule has 2 rings (SSSR count). The number of anilines is 1. The zero-order valence-corrected chi connectivity index (χ0v) is 9.35. The van der Waals surface area contributed by atoms with Gasteiger partial charge >= 0.3 is 0 Å². The van der Waals surface area contributed by atoms with Crippen LogP contribution in [0, 0.1) is 0 Å². The number of nitrogens with zero attached hydrogens (tertiary/aromatic N) is 1. The standard InChI is InChI=1S/C12H16ClN/c1-2-10-5-6-11(9-12(10)13)14-7-3-4-8-14/h5-6,9H,2-4,7-8H2,1H3. The van der Waals surface area contributed by atoms with Crippen LogP contribution in [0.4, 0.5) is 5.69 Å². The second-order valence-electron chi connectivity index (χ2n) is 3.82. The van der Waals surface area contributed by atoms with Crippen molar-refractivity contribution in [3.8, 4) is 0 Å². The van der Waals surface area contributed by atoms with E-state index in [-0.39, 0.29) is 0 Å². The minimum absolute atomic E-state index is 0.914. The highest BCUT2D eigenvalue weighted by Gasteiger charge is 2.12. The van der Waals surface area contributed by atoms with Crippen LogP contribution < -0.4 is 4.90 Å². The molecule has 1 aliphatic heterocycles. The molecule has 0 saturated carbocycles. The first kappa shape index (κ1) is 9.85. The lowest BCUT2D eigenvalue weighted by atomic mass is 10.1. The quantitative estimate of drug-likeness (QED) is 0.721. The van der Waals surface area contributed by atoms with Crippen molar-refractivity contribution in [1.29, 1.82) is 0 Å². The average Bonchev–Trinajstić information content (AvgIpc) is 2.70. The van der Waals surface area contributed by atoms with Gasteiger partial charge in [-0.1, -0.05) is 24.6 Å². The Hall–Kier alpha value is -0.690. The summed E-state index contributed by atoms with van der Waals surface area (Å²) in [5.41, 5.74) is 2.53. The third-order valence-corrected chi connectivity index (χ3v) is 3.24. The van der Waals surface area contributed by atoms with Crippen LogP contribution in [-0.4, -0.2) is 13.1 Å². The van der Waals surface area contributed by atoms with Crippen LogP contribution >= 0.6 is 11.6 Å². The minimum Gasteiger partial charge on any atom is -0.371 e. The number of halogens is 1. The average molecular weight is 210 g/mol. The fraction of sp³-hybridized carbons (Fsp3) is 0.500. The monoisotopic (exact) mass is 209 g/mol. The van der Waals surface area contributed by atoms with Crippen molar-refractivity contribution in [1.82, 2.24) is 0 Å². The highest BCUT2D eigenvalue weighted by atomic mass is 35.5. The van der Waals surface area contributed by atoms with Gasteiger partial charge in [0.2, 0.25) is 0 Å². The lowest BCUT2D eigenvalue weighted by molar-refractivity contribution is 0.949. The van der Waals surface area contributed by atoms with E-state index < -0.39 is 0 Å². The van der Waals surface area contributed by atoms with E-state index in [1.165, 1.54) is 37.2 Å². The molecule has 0 radical (unpaired) electrons. The van der Waals surface area contributed by atoms with Crippen LogP contribution in [-0.2, 0) is 6.42 Å². The van der Waals surface area contributed by atoms with Crippen molar-refractivity contribution in [2.75, 3.05) is 18.0 Å². The van der Waals surface area contributed by atoms with Crippen molar-refractivity contribution < 1.29 is 0 Å². The maximum absolute atomic E-state index is 6.18. The third-order valence-electron chi connectivity index (χ3n) is 2.89. The molecule has 0 aromatic heterocycles. The van der Waals surface area contributed by atoms with Crippen LogP contribution in [0.1, 0.15) is 25.3 Å². The van der Waals surface area contributed by atoms with Crippen molar-refractivity contribution in [2.24, 2.45) is 0 Å². The zero-order valence-electron chi connectivity index (χ0n) is 8.59. The van der Waals surface area contributed by atoms with E-state index in [1.54, 1.807) is 0 Å². The number of rotatable bonds is 2. The topological polar surface area (TPSA) is 3.24 Å². The Morgan fingerprint density at radius 3 is 2.57 bits per heavy atom. The summed E-state index contributed by atoms with van der Waals surface area (Å²) in [5.74, 6) is 0. The summed E-state index contributed by atoms with van der Waals surface area (Å²) in [5, 5.41) is 0.914. The molecule has 0 N–H and O–H groups in total. The third kappa shape index (κ3) is 1.88. The second kappa shape index (κ2) is 4.22. The van der Waals surface area contributed by atoms with Crippen molar-refractivity contribution in [3.05, 3.63) is 28.8 Å². The number of aryl methyl sites for hydroxylation is 1. The van der Waals surface area contributed by atoms with Crippen LogP contribution in [0.3, 0.4) is 0 Å². The van der Waals surface area contributed by atoms with Crippen molar-refractivity contribution in [3.63, 3.8) is 0 Å². The van der Waals surface area contributed by atoms with E-state index in [2.05, 4.69) is 30.0 Å². The van der Waals surface area contributed by atoms with E-state index in [0.717, 1.165) is 11.4 Å². The van der Waals surface area contributed by atoms with Gasteiger partial charge in [-0.2, -0.15) is 0 Å². The van der Waals surface area contributed by atoms with E-state index >= 15 is 0 Å². The molecule has 1 aromatic rings. The second-order valence-corrected chi connectivity index (χ2v) is 4.23. The molecule has 0 bridgehead atoms. The molecular weight excluding hydrogens is 194 g/mol. The molecule has 14 heavy (non-hydrogen) atoms. The highest BCUT2D eigenvalue weighted by Crippen LogP contribution is 2.26. The normalized spacial score (nSPS) is 16.3. The summed E-state index contributed by atoms with van der Waals surface area (Å²) in [6.45, 7) is 4.50. The number of hydrogen-bond acceptors (Lipinski definition) is 1. The molecule has 0 aliphatic carbocycles. The Bertz CT molecular complexity index is 316. The molecule has 1 nitrogen and oxygen atoms in total. The largest absolute Gasteiger partial charge is 0.371 e. The Labute approximate surface area is 90.7 Å². The maximum atomic E-state index is 6.18. The maximum Gasteiger partial charge on any atom is 0.0458 e. The lowest BCUT2D eigenvalue weighted by Crippen LogP contribution is -2.17. The molecule has 0 atom stereocenters. The van der Waals surface area contributed by atoms with Gasteiger partial charge in [0.1, 0.15) is 0 Å². The van der Waals surface area contributed by atoms with Gasteiger partial charge in [0.05, 0.1) is 0 Å². The van der Waals surface area contributed by atoms with Gasteiger partial charge in [-0.3, -0.25) is 0 Å². The fourth-order valence-corrected chi connectivity index (χ4v) is 2.30. The van der Waals surface area contributed by atoms with Crippen molar-refractivity contribution in [2.45, 2.75) is 26.2 Å². The summed E-state index contributed by atoms with van der Waals surface area (Å²) >= 11 is 6.18. The summed E-state index contributed by atoms with van der Waals surface area (Å²) < 4.78 is 0. The molecule has 1 aliphatic rings. The molecule has 0 spiro atoms. The first-order valence-electron chi connectivity index (χ1n) is 5.34. The van der Waals surface area contributed by atoms with Crippen molar-refractivity contribution >= 4 is 17.3 Å². The van der Waals surface area contributed by atoms with E-state index in [0.29, 0.717) is 0 Å². The van der Waals surface area contributed by atoms with Gasteiger partial charge in [0.25, 0.3) is 0 Å². The minimum atomic E-state index is 0.914. The van der Waals surface area contributed by atoms with Crippen LogP contribution in [0.25, 0.3) is 0 Å². The molecule has 1 saturated heterocycles. The lowest BCUT2D eigenvalue weighted by Gasteiger charge is -2.18. The van der Waals surface area contributed by atoms with E-state index in [1.807, 2.05) is 0 Å². The Morgan fingerprint density at radius 2 is 2.00 bits per heavy atom. The predicted molar refractivity (Wildman–Crippen MR) is 62.3 cm³/mol. The Kier molecular flexibility index (Phi) is 2.97. The summed E-state index contributed by atoms with van der Waals surface area (Å²) in [7, 11) is 0. The van der Waals surface area contributed by atoms with Crippen LogP contribution in [0.2, 0.25) is 5.02 Å². The summed E-state index contributed by atoms with van der Waals surface area (Å²) in [6, 6.07) is 6.44. The van der Waals surface area contributed by atoms with Gasteiger partial charge < -0.3 is 4.90 Å². The van der Waals surface area contributed by atoms with Gasteiger partial charge in [-0.15, -0.1) is 0 Å². The van der Waals surface area contributed by atoms with Gasteiger partial charge in [-0.05, 0) is 37.0 Å². The molecule has 1 fully saturated rings. The fourth-order valence-electron chi connectivity index (χ4n) is 1.99. The van der Waals surface area contributed by atoms with Gasteiger partial charge in [0.15, 0.2) is 0 Å². The van der Waals surface area contributed by atoms with Gasteiger partial charge in [-0.25, -0.2) is 0 Å². The smallest absolute Gasteiger partial charge is 0.0458 e. The van der Waals surface area contributed by atoms with Gasteiger partial charge in [0, 0.05) is 23.8 Å². The molecule has 0 unspecified atom stereocenters. The van der Waals surface area contributed by atoms with E-state index in [9.17, 15) is 0 Å². The zero-order chi connectivity index (χ0) is 9.97. The SMILES string of the molecule is CCc1ccc(N2CCCC2)cc1Cl. The predicted octanol–water partition coefficient (Wildman–Crippen LogP) is 3.50. The highest BCUT2D eigenvalue weighted by molar-refractivity contribution is 6.31. The molecule has 1 heterocycles. The number of hydrogen-bond donors (Lipinski definition) is 0. The Balaban J connectivity index is 2.23. The molecule has 0 amide bonds. The van der Waals surface area contributed by atoms with Crippen LogP contribution in [0.15, 0.2) is 18.2 Å². The molecule has 1 aromatic carbocycles. The van der Waals surface area contributed by atoms with E-state index in [4.69, 9.17) is 11.6 Å². The summed E-state index contributed by atoms with van der Waals surface area (Å²) in [4.78, 5) is 2.41.